The zero-order chi connectivity index (χ0) is 11.9. The third kappa shape index (κ3) is 1.85. The van der Waals surface area contributed by atoms with Crippen molar-refractivity contribution in [1.82, 2.24) is 4.98 Å². The molecule has 0 spiro atoms. The van der Waals surface area contributed by atoms with Gasteiger partial charge in [0.2, 0.25) is 5.89 Å². The average Bonchev–Trinajstić information content (AvgIpc) is 2.99. The van der Waals surface area contributed by atoms with Crippen LogP contribution in [0.1, 0.15) is 18.7 Å². The fourth-order valence-corrected chi connectivity index (χ4v) is 2.14. The average molecular weight is 249 g/mol. The fourth-order valence-electron chi connectivity index (χ4n) is 1.95. The number of nitrogens with two attached hydrogens (primary N) is 1. The first-order valence-corrected chi connectivity index (χ1v) is 6.03. The van der Waals surface area contributed by atoms with Crippen LogP contribution in [0.2, 0.25) is 5.02 Å². The van der Waals surface area contributed by atoms with Crippen molar-refractivity contribution < 1.29 is 4.42 Å². The number of aromatic nitrogens is 1. The number of oxazole rings is 1. The SMILES string of the molecule is NCC1(c2nc(-c3cccc(Cl)c3)co2)CC1. The first kappa shape index (κ1) is 10.8. The molecule has 0 radical (unpaired) electrons. The van der Waals surface area contributed by atoms with Gasteiger partial charge in [-0.15, -0.1) is 0 Å². The molecule has 0 bridgehead atoms. The molecule has 1 fully saturated rings. The predicted octanol–water partition coefficient (Wildman–Crippen LogP) is 2.99. The largest absolute Gasteiger partial charge is 0.448 e. The molecule has 1 aliphatic carbocycles. The number of hydrogen-bond acceptors (Lipinski definition) is 3. The second-order valence-electron chi connectivity index (χ2n) is 4.53. The summed E-state index contributed by atoms with van der Waals surface area (Å²) in [7, 11) is 0. The highest BCUT2D eigenvalue weighted by Gasteiger charge is 2.47. The third-order valence-corrected chi connectivity index (χ3v) is 3.56. The van der Waals surface area contributed by atoms with Crippen molar-refractivity contribution in [2.24, 2.45) is 5.73 Å². The van der Waals surface area contributed by atoms with Gasteiger partial charge in [0.05, 0.1) is 5.41 Å². The molecule has 2 aromatic rings. The Labute approximate surface area is 105 Å². The normalized spacial score (nSPS) is 17.1. The highest BCUT2D eigenvalue weighted by molar-refractivity contribution is 6.30. The lowest BCUT2D eigenvalue weighted by Crippen LogP contribution is -2.19. The Hall–Kier alpha value is -1.32. The summed E-state index contributed by atoms with van der Waals surface area (Å²) in [5, 5.41) is 0.701. The molecule has 88 valence electrons. The van der Waals surface area contributed by atoms with Crippen molar-refractivity contribution in [3.63, 3.8) is 0 Å². The summed E-state index contributed by atoms with van der Waals surface area (Å²) in [5.74, 6) is 0.759. The van der Waals surface area contributed by atoms with Gasteiger partial charge in [-0.1, -0.05) is 23.7 Å². The van der Waals surface area contributed by atoms with E-state index in [1.54, 1.807) is 6.26 Å². The first-order chi connectivity index (χ1) is 8.23. The molecule has 0 atom stereocenters. The molecule has 1 heterocycles. The Morgan fingerprint density at radius 3 is 2.88 bits per heavy atom. The van der Waals surface area contributed by atoms with Crippen molar-refractivity contribution in [3.8, 4) is 11.3 Å². The molecule has 1 aromatic heterocycles. The van der Waals surface area contributed by atoms with Crippen LogP contribution in [0.25, 0.3) is 11.3 Å². The van der Waals surface area contributed by atoms with E-state index in [4.69, 9.17) is 21.8 Å². The van der Waals surface area contributed by atoms with Crippen LogP contribution in [0, 0.1) is 0 Å². The zero-order valence-corrected chi connectivity index (χ0v) is 10.1. The molecule has 17 heavy (non-hydrogen) atoms. The van der Waals surface area contributed by atoms with Crippen LogP contribution < -0.4 is 5.73 Å². The zero-order valence-electron chi connectivity index (χ0n) is 9.32. The van der Waals surface area contributed by atoms with Crippen molar-refractivity contribution in [2.45, 2.75) is 18.3 Å². The van der Waals surface area contributed by atoms with Crippen LogP contribution in [0.5, 0.6) is 0 Å². The second kappa shape index (κ2) is 3.86. The standard InChI is InChI=1S/C13H13ClN2O/c14-10-3-1-2-9(6-10)11-7-17-12(16-11)13(8-15)4-5-13/h1-3,6-7H,4-5,8,15H2. The minimum absolute atomic E-state index is 0.00315. The third-order valence-electron chi connectivity index (χ3n) is 3.32. The summed E-state index contributed by atoms with van der Waals surface area (Å²) in [6, 6.07) is 7.59. The monoisotopic (exact) mass is 248 g/mol. The van der Waals surface area contributed by atoms with Gasteiger partial charge < -0.3 is 10.2 Å². The molecule has 0 unspecified atom stereocenters. The molecular formula is C13H13ClN2O. The molecular weight excluding hydrogens is 236 g/mol. The van der Waals surface area contributed by atoms with Gasteiger partial charge >= 0.3 is 0 Å². The maximum absolute atomic E-state index is 5.95. The van der Waals surface area contributed by atoms with Crippen LogP contribution in [-0.2, 0) is 5.41 Å². The van der Waals surface area contributed by atoms with Gasteiger partial charge in [0.1, 0.15) is 12.0 Å². The smallest absolute Gasteiger partial charge is 0.202 e. The fraction of sp³-hybridized carbons (Fsp3) is 0.308. The Bertz CT molecular complexity index is 546. The maximum atomic E-state index is 5.95. The lowest BCUT2D eigenvalue weighted by molar-refractivity contribution is 0.437. The van der Waals surface area contributed by atoms with Crippen LogP contribution in [0.3, 0.4) is 0 Å². The highest BCUT2D eigenvalue weighted by Crippen LogP contribution is 2.47. The molecule has 1 aromatic carbocycles. The number of halogens is 1. The van der Waals surface area contributed by atoms with Gasteiger partial charge in [0.25, 0.3) is 0 Å². The lowest BCUT2D eigenvalue weighted by Gasteiger charge is -2.05. The summed E-state index contributed by atoms with van der Waals surface area (Å²) in [5.41, 5.74) is 7.54. The van der Waals surface area contributed by atoms with E-state index >= 15 is 0 Å². The minimum atomic E-state index is -0.00315. The van der Waals surface area contributed by atoms with Crippen LogP contribution in [-0.4, -0.2) is 11.5 Å². The molecule has 3 nitrogen and oxygen atoms in total. The lowest BCUT2D eigenvalue weighted by atomic mass is 10.1. The van der Waals surface area contributed by atoms with Crippen LogP contribution in [0.15, 0.2) is 34.9 Å². The first-order valence-electron chi connectivity index (χ1n) is 5.65. The number of rotatable bonds is 3. The summed E-state index contributed by atoms with van der Waals surface area (Å²) in [4.78, 5) is 4.52. The van der Waals surface area contributed by atoms with E-state index < -0.39 is 0 Å². The Kier molecular flexibility index (Phi) is 2.45. The van der Waals surface area contributed by atoms with Crippen molar-refractivity contribution in [3.05, 3.63) is 41.4 Å². The number of hydrogen-bond donors (Lipinski definition) is 1. The van der Waals surface area contributed by atoms with Crippen molar-refractivity contribution >= 4 is 11.6 Å². The van der Waals surface area contributed by atoms with E-state index in [0.29, 0.717) is 11.6 Å². The van der Waals surface area contributed by atoms with Gasteiger partial charge in [0, 0.05) is 17.1 Å². The molecule has 3 rings (SSSR count). The molecule has 0 aliphatic heterocycles. The molecule has 0 saturated heterocycles. The van der Waals surface area contributed by atoms with E-state index in [2.05, 4.69) is 4.98 Å². The molecule has 0 amide bonds. The van der Waals surface area contributed by atoms with Gasteiger partial charge in [0.15, 0.2) is 0 Å². The molecule has 1 saturated carbocycles. The molecule has 2 N–H and O–H groups in total. The van der Waals surface area contributed by atoms with E-state index in [1.807, 2.05) is 24.3 Å². The number of nitrogens with zero attached hydrogens (tertiary/aromatic N) is 1. The Balaban J connectivity index is 1.95. The van der Waals surface area contributed by atoms with E-state index in [9.17, 15) is 0 Å². The summed E-state index contributed by atoms with van der Waals surface area (Å²) >= 11 is 5.95. The van der Waals surface area contributed by atoms with Gasteiger partial charge in [-0.25, -0.2) is 4.98 Å². The quantitative estimate of drug-likeness (QED) is 0.909. The highest BCUT2D eigenvalue weighted by atomic mass is 35.5. The summed E-state index contributed by atoms with van der Waals surface area (Å²) in [6.07, 6.45) is 3.81. The topological polar surface area (TPSA) is 52.0 Å². The van der Waals surface area contributed by atoms with Crippen LogP contribution >= 0.6 is 11.6 Å². The van der Waals surface area contributed by atoms with E-state index in [0.717, 1.165) is 30.0 Å². The summed E-state index contributed by atoms with van der Waals surface area (Å²) in [6.45, 7) is 0.600. The van der Waals surface area contributed by atoms with Gasteiger partial charge in [-0.2, -0.15) is 0 Å². The predicted molar refractivity (Wildman–Crippen MR) is 66.9 cm³/mol. The number of benzene rings is 1. The maximum Gasteiger partial charge on any atom is 0.202 e. The van der Waals surface area contributed by atoms with Gasteiger partial charge in [-0.3, -0.25) is 0 Å². The van der Waals surface area contributed by atoms with Gasteiger partial charge in [-0.05, 0) is 25.0 Å². The minimum Gasteiger partial charge on any atom is -0.448 e. The van der Waals surface area contributed by atoms with Crippen LogP contribution in [0.4, 0.5) is 0 Å². The van der Waals surface area contributed by atoms with Crippen molar-refractivity contribution in [2.75, 3.05) is 6.54 Å². The summed E-state index contributed by atoms with van der Waals surface area (Å²) < 4.78 is 5.54. The van der Waals surface area contributed by atoms with Crippen molar-refractivity contribution in [1.29, 1.82) is 0 Å². The van der Waals surface area contributed by atoms with E-state index in [-0.39, 0.29) is 5.41 Å². The van der Waals surface area contributed by atoms with E-state index in [1.165, 1.54) is 0 Å². The Morgan fingerprint density at radius 1 is 1.41 bits per heavy atom. The second-order valence-corrected chi connectivity index (χ2v) is 4.97. The Morgan fingerprint density at radius 2 is 2.24 bits per heavy atom. The molecule has 4 heteroatoms. The molecule has 1 aliphatic rings.